The van der Waals surface area contributed by atoms with Crippen LogP contribution in [-0.2, 0) is 14.3 Å². The van der Waals surface area contributed by atoms with Gasteiger partial charge < -0.3 is 40.2 Å². The highest BCUT2D eigenvalue weighted by molar-refractivity contribution is 6.06. The number of methoxy groups -OCH3 is 1. The van der Waals surface area contributed by atoms with Crippen molar-refractivity contribution in [2.24, 2.45) is 11.8 Å². The molecule has 0 saturated carbocycles. The lowest BCUT2D eigenvalue weighted by molar-refractivity contribution is -0.136. The van der Waals surface area contributed by atoms with Crippen LogP contribution in [0.4, 0.5) is 9.59 Å². The molecule has 2 aliphatic heterocycles. The molecule has 5 N–H and O–H groups in total. The van der Waals surface area contributed by atoms with Gasteiger partial charge in [-0.25, -0.2) is 19.6 Å². The molecule has 4 amide bonds. The summed E-state index contributed by atoms with van der Waals surface area (Å²) in [6.45, 7) is 8.63. The van der Waals surface area contributed by atoms with Gasteiger partial charge in [-0.15, -0.1) is 0 Å². The standard InChI is InChI=1S/C45H50N8O6/c1-24(2)37(50-44(56)57)42(54)52-18-6-8-35(52)40-46-23-34(48-40)31-13-12-27-20-26(10-11-28(27)22-31)29-14-16-32-30(21-29)15-17-33-39(32)49-41(47-33)36-9-7-19-53(36)43(55)38(25(3)4)51-45(58)59-5/h10-17,20-25,35-38,50H,6-9,18-19H2,1-5H3,(H,46,48)(H,47,49)(H,51,58)(H,56,57)/t35-,36-,37?,38?/m0/s1. The molecule has 4 heterocycles. The third-order valence-electron chi connectivity index (χ3n) is 11.9. The van der Waals surface area contributed by atoms with Crippen LogP contribution in [0.3, 0.4) is 0 Å². The number of carbonyl (C=O) groups is 4. The van der Waals surface area contributed by atoms with E-state index < -0.39 is 24.3 Å². The number of nitrogens with zero attached hydrogens (tertiary/aromatic N) is 4. The van der Waals surface area contributed by atoms with Crippen molar-refractivity contribution in [3.8, 4) is 22.4 Å². The van der Waals surface area contributed by atoms with Crippen molar-refractivity contribution in [2.45, 2.75) is 77.5 Å². The van der Waals surface area contributed by atoms with Gasteiger partial charge >= 0.3 is 12.2 Å². The second-order valence-electron chi connectivity index (χ2n) is 16.4. The quantitative estimate of drug-likeness (QED) is 0.0925. The number of likely N-dealkylation sites (tertiary alicyclic amines) is 2. The summed E-state index contributed by atoms with van der Waals surface area (Å²) < 4.78 is 4.79. The predicted octanol–water partition coefficient (Wildman–Crippen LogP) is 7.93. The first kappa shape index (κ1) is 39.4. The largest absolute Gasteiger partial charge is 0.465 e. The number of imidazole rings is 2. The number of nitrogens with one attached hydrogen (secondary N) is 4. The Morgan fingerprint density at radius 3 is 1.92 bits per heavy atom. The monoisotopic (exact) mass is 798 g/mol. The third-order valence-corrected chi connectivity index (χ3v) is 11.9. The first-order valence-electron chi connectivity index (χ1n) is 20.4. The summed E-state index contributed by atoms with van der Waals surface area (Å²) in [5.41, 5.74) is 5.74. The Kier molecular flexibility index (Phi) is 10.7. The van der Waals surface area contributed by atoms with E-state index in [4.69, 9.17) is 9.72 Å². The number of carboxylic acid groups (broad SMARTS) is 1. The maximum atomic E-state index is 13.7. The van der Waals surface area contributed by atoms with E-state index in [1.165, 1.54) is 7.11 Å². The Labute approximate surface area is 341 Å². The molecular weight excluding hydrogens is 749 g/mol. The summed E-state index contributed by atoms with van der Waals surface area (Å²) in [5.74, 6) is 0.765. The summed E-state index contributed by atoms with van der Waals surface area (Å²) in [4.78, 5) is 70.8. The molecule has 0 aliphatic carbocycles. The van der Waals surface area contributed by atoms with Crippen LogP contribution in [0.25, 0.3) is 55.0 Å². The van der Waals surface area contributed by atoms with Gasteiger partial charge in [-0.2, -0.15) is 0 Å². The molecule has 14 heteroatoms. The third kappa shape index (κ3) is 7.66. The summed E-state index contributed by atoms with van der Waals surface area (Å²) in [6.07, 6.45) is 3.15. The van der Waals surface area contributed by atoms with Crippen LogP contribution >= 0.6 is 0 Å². The lowest BCUT2D eigenvalue weighted by Gasteiger charge is -2.29. The maximum Gasteiger partial charge on any atom is 0.407 e. The van der Waals surface area contributed by atoms with E-state index in [0.29, 0.717) is 18.9 Å². The molecule has 6 aromatic rings. The predicted molar refractivity (Wildman–Crippen MR) is 225 cm³/mol. The van der Waals surface area contributed by atoms with Crippen molar-refractivity contribution in [1.29, 1.82) is 0 Å². The zero-order chi connectivity index (χ0) is 41.5. The SMILES string of the molecule is COC(=O)NC(C(=O)N1CCC[C@H]1c1nc2c(ccc3cc(-c4ccc5cc(-c6cnc([C@@H]7CCCN7C(=O)C(NC(=O)O)C(C)C)[nH]6)ccc5c4)ccc32)[nH]1)C(C)C. The van der Waals surface area contributed by atoms with E-state index in [0.717, 1.165) is 86.5 Å². The van der Waals surface area contributed by atoms with Crippen LogP contribution in [0.5, 0.6) is 0 Å². The van der Waals surface area contributed by atoms with E-state index in [-0.39, 0.29) is 35.7 Å². The fourth-order valence-corrected chi connectivity index (χ4v) is 8.74. The zero-order valence-corrected chi connectivity index (χ0v) is 33.9. The van der Waals surface area contributed by atoms with E-state index in [9.17, 15) is 24.3 Å². The molecule has 59 heavy (non-hydrogen) atoms. The molecule has 2 aliphatic rings. The first-order valence-corrected chi connectivity index (χ1v) is 20.4. The van der Waals surface area contributed by atoms with Crippen LogP contribution in [0.1, 0.15) is 77.1 Å². The Morgan fingerprint density at radius 1 is 0.729 bits per heavy atom. The molecule has 0 spiro atoms. The molecule has 0 radical (unpaired) electrons. The second kappa shape index (κ2) is 16.1. The van der Waals surface area contributed by atoms with E-state index in [1.807, 2.05) is 38.7 Å². The van der Waals surface area contributed by atoms with Crippen LogP contribution in [-0.4, -0.2) is 91.1 Å². The molecule has 2 unspecified atom stereocenters. The smallest absolute Gasteiger partial charge is 0.407 e. The molecule has 4 atom stereocenters. The topological polar surface area (TPSA) is 186 Å². The number of hydrogen-bond acceptors (Lipinski definition) is 7. The van der Waals surface area contributed by atoms with Crippen molar-refractivity contribution < 1.29 is 29.0 Å². The maximum absolute atomic E-state index is 13.7. The minimum atomic E-state index is -1.21. The highest BCUT2D eigenvalue weighted by Crippen LogP contribution is 2.37. The first-order chi connectivity index (χ1) is 28.4. The Morgan fingerprint density at radius 2 is 1.29 bits per heavy atom. The molecule has 306 valence electrons. The summed E-state index contributed by atoms with van der Waals surface area (Å²) in [5, 5.41) is 18.7. The number of aromatic nitrogens is 4. The summed E-state index contributed by atoms with van der Waals surface area (Å²) >= 11 is 0. The van der Waals surface area contributed by atoms with Gasteiger partial charge in [0.05, 0.1) is 42.1 Å². The molecule has 14 nitrogen and oxygen atoms in total. The molecule has 2 fully saturated rings. The molecule has 2 aromatic heterocycles. The number of H-pyrrole nitrogens is 2. The van der Waals surface area contributed by atoms with Gasteiger partial charge in [0.2, 0.25) is 11.8 Å². The highest BCUT2D eigenvalue weighted by Gasteiger charge is 2.39. The number of carbonyl (C=O) groups excluding carboxylic acids is 3. The number of benzene rings is 4. The van der Waals surface area contributed by atoms with Gasteiger partial charge in [0.1, 0.15) is 23.7 Å². The average molecular weight is 799 g/mol. The summed E-state index contributed by atoms with van der Waals surface area (Å²) in [7, 11) is 1.29. The van der Waals surface area contributed by atoms with Crippen molar-refractivity contribution in [2.75, 3.05) is 20.2 Å². The van der Waals surface area contributed by atoms with Crippen molar-refractivity contribution in [3.05, 3.63) is 84.6 Å². The van der Waals surface area contributed by atoms with Crippen LogP contribution < -0.4 is 10.6 Å². The molecule has 8 rings (SSSR count). The average Bonchev–Trinajstić information content (AvgIpc) is 4.07. The van der Waals surface area contributed by atoms with Gasteiger partial charge in [0, 0.05) is 24.0 Å². The van der Waals surface area contributed by atoms with Crippen LogP contribution in [0.15, 0.2) is 72.9 Å². The summed E-state index contributed by atoms with van der Waals surface area (Å²) in [6, 6.07) is 21.3. The van der Waals surface area contributed by atoms with Gasteiger partial charge in [-0.3, -0.25) is 9.59 Å². The molecule has 4 aromatic carbocycles. The fourth-order valence-electron chi connectivity index (χ4n) is 8.74. The molecule has 2 saturated heterocycles. The van der Waals surface area contributed by atoms with Crippen molar-refractivity contribution in [1.82, 2.24) is 40.4 Å². The molecular formula is C45H50N8O6. The zero-order valence-electron chi connectivity index (χ0n) is 33.9. The van der Waals surface area contributed by atoms with Crippen LogP contribution in [0, 0.1) is 11.8 Å². The lowest BCUT2D eigenvalue weighted by atomic mass is 9.97. The second-order valence-corrected chi connectivity index (χ2v) is 16.4. The van der Waals surface area contributed by atoms with E-state index in [1.54, 1.807) is 11.1 Å². The van der Waals surface area contributed by atoms with Gasteiger partial charge in [0.25, 0.3) is 0 Å². The Bertz CT molecular complexity index is 2580. The highest BCUT2D eigenvalue weighted by atomic mass is 16.5. The van der Waals surface area contributed by atoms with E-state index >= 15 is 0 Å². The number of fused-ring (bicyclic) bond motifs is 4. The van der Waals surface area contributed by atoms with Gasteiger partial charge in [-0.05, 0) is 89.1 Å². The number of alkyl carbamates (subject to hydrolysis) is 1. The van der Waals surface area contributed by atoms with Crippen molar-refractivity contribution in [3.63, 3.8) is 0 Å². The number of rotatable bonds is 10. The molecule has 0 bridgehead atoms. The Balaban J connectivity index is 1.00. The minimum Gasteiger partial charge on any atom is -0.465 e. The number of aromatic amines is 2. The number of hydrogen-bond donors (Lipinski definition) is 5. The minimum absolute atomic E-state index is 0.113. The van der Waals surface area contributed by atoms with Crippen LogP contribution in [0.2, 0.25) is 0 Å². The normalized spacial score (nSPS) is 17.9. The lowest BCUT2D eigenvalue weighted by Crippen LogP contribution is -2.51. The van der Waals surface area contributed by atoms with E-state index in [2.05, 4.69) is 86.2 Å². The van der Waals surface area contributed by atoms with Crippen molar-refractivity contribution >= 4 is 56.6 Å². The fraction of sp³-hybridized carbons (Fsp3) is 0.378. The van der Waals surface area contributed by atoms with Gasteiger partial charge in [-0.1, -0.05) is 70.2 Å². The van der Waals surface area contributed by atoms with Gasteiger partial charge in [0.15, 0.2) is 0 Å². The number of ether oxygens (including phenoxy) is 1. The Hall–Kier alpha value is -6.44. The number of amides is 4.